The molecule has 1 heterocycles. The summed E-state index contributed by atoms with van der Waals surface area (Å²) in [5, 5.41) is 1.72. The molecule has 0 aliphatic carbocycles. The third kappa shape index (κ3) is 2.76. The molecule has 3 rings (SSSR count). The number of fused-ring (bicyclic) bond motifs is 1. The molecule has 0 atom stereocenters. The number of hydrogen-bond acceptors (Lipinski definition) is 3. The highest BCUT2D eigenvalue weighted by atomic mass is 32.2. The lowest BCUT2D eigenvalue weighted by molar-refractivity contribution is 0.599. The highest BCUT2D eigenvalue weighted by molar-refractivity contribution is 7.92. The molecule has 24 heavy (non-hydrogen) atoms. The maximum atomic E-state index is 13.1. The SMILES string of the molecule is Cc1cc(C)c(C)c(S(=O)(=O)Nc2cncc3ccccc23)c1C. The second kappa shape index (κ2) is 5.91. The first-order valence-electron chi connectivity index (χ1n) is 7.74. The molecule has 1 N–H and O–H groups in total. The zero-order valence-electron chi connectivity index (χ0n) is 14.2. The Morgan fingerprint density at radius 2 is 1.54 bits per heavy atom. The molecule has 0 unspecified atom stereocenters. The van der Waals surface area contributed by atoms with Gasteiger partial charge in [0.15, 0.2) is 0 Å². The van der Waals surface area contributed by atoms with Gasteiger partial charge in [-0.1, -0.05) is 30.3 Å². The zero-order chi connectivity index (χ0) is 17.5. The maximum Gasteiger partial charge on any atom is 0.262 e. The average molecular weight is 340 g/mol. The fourth-order valence-electron chi connectivity index (χ4n) is 2.98. The summed E-state index contributed by atoms with van der Waals surface area (Å²) in [6.07, 6.45) is 3.27. The summed E-state index contributed by atoms with van der Waals surface area (Å²) in [6, 6.07) is 9.60. The Labute approximate surface area is 142 Å². The molecule has 4 nitrogen and oxygen atoms in total. The van der Waals surface area contributed by atoms with Crippen LogP contribution in [0.25, 0.3) is 10.8 Å². The number of aryl methyl sites for hydroxylation is 2. The van der Waals surface area contributed by atoms with Gasteiger partial charge in [-0.2, -0.15) is 0 Å². The van der Waals surface area contributed by atoms with Crippen LogP contribution in [0.15, 0.2) is 47.6 Å². The van der Waals surface area contributed by atoms with Gasteiger partial charge in [-0.15, -0.1) is 0 Å². The summed E-state index contributed by atoms with van der Waals surface area (Å²) < 4.78 is 28.8. The van der Waals surface area contributed by atoms with Crippen molar-refractivity contribution >= 4 is 26.5 Å². The Hall–Kier alpha value is -2.40. The second-order valence-electron chi connectivity index (χ2n) is 6.10. The third-order valence-electron chi connectivity index (χ3n) is 4.48. The number of benzene rings is 2. The fourth-order valence-corrected chi connectivity index (χ4v) is 4.66. The predicted molar refractivity (Wildman–Crippen MR) is 97.9 cm³/mol. The molecule has 2 aromatic carbocycles. The van der Waals surface area contributed by atoms with E-state index in [0.29, 0.717) is 10.6 Å². The van der Waals surface area contributed by atoms with E-state index >= 15 is 0 Å². The first-order chi connectivity index (χ1) is 11.3. The van der Waals surface area contributed by atoms with Crippen LogP contribution in [0.1, 0.15) is 22.3 Å². The summed E-state index contributed by atoms with van der Waals surface area (Å²) in [5.74, 6) is 0. The van der Waals surface area contributed by atoms with Crippen molar-refractivity contribution in [3.05, 3.63) is 65.0 Å². The lowest BCUT2D eigenvalue weighted by Gasteiger charge is -2.17. The molecular formula is C19H20N2O2S. The quantitative estimate of drug-likeness (QED) is 0.774. The van der Waals surface area contributed by atoms with Gasteiger partial charge in [0.05, 0.1) is 16.8 Å². The number of pyridine rings is 1. The highest BCUT2D eigenvalue weighted by Crippen LogP contribution is 2.29. The monoisotopic (exact) mass is 340 g/mol. The van der Waals surface area contributed by atoms with Gasteiger partial charge in [-0.05, 0) is 49.9 Å². The molecule has 3 aromatic rings. The average Bonchev–Trinajstić information content (AvgIpc) is 2.53. The van der Waals surface area contributed by atoms with Crippen LogP contribution >= 0.6 is 0 Å². The minimum absolute atomic E-state index is 0.355. The van der Waals surface area contributed by atoms with E-state index in [1.807, 2.05) is 58.0 Å². The largest absolute Gasteiger partial charge is 0.277 e. The molecule has 0 radical (unpaired) electrons. The van der Waals surface area contributed by atoms with Gasteiger partial charge in [0.2, 0.25) is 0 Å². The molecule has 1 aromatic heterocycles. The number of nitrogens with one attached hydrogen (secondary N) is 1. The molecule has 0 fully saturated rings. The van der Waals surface area contributed by atoms with Crippen LogP contribution in [0.4, 0.5) is 5.69 Å². The molecule has 0 bridgehead atoms. The Bertz CT molecular complexity index is 1010. The summed E-state index contributed by atoms with van der Waals surface area (Å²) in [4.78, 5) is 4.50. The summed E-state index contributed by atoms with van der Waals surface area (Å²) in [7, 11) is -3.70. The molecule has 0 aliphatic heterocycles. The third-order valence-corrected chi connectivity index (χ3v) is 6.12. The van der Waals surface area contributed by atoms with E-state index in [2.05, 4.69) is 9.71 Å². The Morgan fingerprint density at radius 1 is 0.917 bits per heavy atom. The van der Waals surface area contributed by atoms with Crippen molar-refractivity contribution in [2.24, 2.45) is 0 Å². The molecule has 0 saturated carbocycles. The molecular weight excluding hydrogens is 320 g/mol. The van der Waals surface area contributed by atoms with Crippen molar-refractivity contribution in [2.75, 3.05) is 4.72 Å². The minimum Gasteiger partial charge on any atom is -0.277 e. The highest BCUT2D eigenvalue weighted by Gasteiger charge is 2.22. The van der Waals surface area contributed by atoms with Crippen LogP contribution < -0.4 is 4.72 Å². The van der Waals surface area contributed by atoms with Gasteiger partial charge < -0.3 is 0 Å². The normalized spacial score (nSPS) is 11.7. The predicted octanol–water partition coefficient (Wildman–Crippen LogP) is 4.27. The maximum absolute atomic E-state index is 13.1. The van der Waals surface area contributed by atoms with Crippen LogP contribution in [0, 0.1) is 27.7 Å². The van der Waals surface area contributed by atoms with E-state index in [-0.39, 0.29) is 0 Å². The Kier molecular flexibility index (Phi) is 4.05. The number of nitrogens with zero attached hydrogens (tertiary/aromatic N) is 1. The van der Waals surface area contributed by atoms with Crippen molar-refractivity contribution in [3.8, 4) is 0 Å². The van der Waals surface area contributed by atoms with E-state index < -0.39 is 10.0 Å². The topological polar surface area (TPSA) is 59.1 Å². The summed E-state index contributed by atoms with van der Waals surface area (Å²) in [5.41, 5.74) is 3.98. The number of aromatic nitrogens is 1. The smallest absolute Gasteiger partial charge is 0.262 e. The first kappa shape index (κ1) is 16.5. The minimum atomic E-state index is -3.70. The van der Waals surface area contributed by atoms with Crippen molar-refractivity contribution in [2.45, 2.75) is 32.6 Å². The van der Waals surface area contributed by atoms with Gasteiger partial charge >= 0.3 is 0 Å². The molecule has 0 saturated heterocycles. The lowest BCUT2D eigenvalue weighted by Crippen LogP contribution is -2.17. The number of anilines is 1. The fraction of sp³-hybridized carbons (Fsp3) is 0.211. The van der Waals surface area contributed by atoms with E-state index in [9.17, 15) is 8.42 Å². The number of sulfonamides is 1. The standard InChI is InChI=1S/C19H20N2O2S/c1-12-9-13(2)15(4)19(14(12)3)24(22,23)21-18-11-20-10-16-7-5-6-8-17(16)18/h5-11,21H,1-4H3. The van der Waals surface area contributed by atoms with Crippen LogP contribution in [-0.2, 0) is 10.0 Å². The van der Waals surface area contributed by atoms with Crippen molar-refractivity contribution < 1.29 is 8.42 Å². The molecule has 0 spiro atoms. The van der Waals surface area contributed by atoms with Crippen molar-refractivity contribution in [1.29, 1.82) is 0 Å². The molecule has 0 amide bonds. The van der Waals surface area contributed by atoms with Gasteiger partial charge in [-0.25, -0.2) is 8.42 Å². The molecule has 0 aliphatic rings. The second-order valence-corrected chi connectivity index (χ2v) is 7.72. The Morgan fingerprint density at radius 3 is 2.21 bits per heavy atom. The van der Waals surface area contributed by atoms with E-state index in [1.165, 1.54) is 0 Å². The van der Waals surface area contributed by atoms with Gasteiger partial charge in [0, 0.05) is 17.0 Å². The van der Waals surface area contributed by atoms with Gasteiger partial charge in [0.1, 0.15) is 0 Å². The van der Waals surface area contributed by atoms with Crippen LogP contribution in [0.5, 0.6) is 0 Å². The number of hydrogen-bond donors (Lipinski definition) is 1. The van der Waals surface area contributed by atoms with Gasteiger partial charge in [0.25, 0.3) is 10.0 Å². The Balaban J connectivity index is 2.16. The van der Waals surface area contributed by atoms with Crippen LogP contribution in [0.2, 0.25) is 0 Å². The van der Waals surface area contributed by atoms with E-state index in [0.717, 1.165) is 33.0 Å². The zero-order valence-corrected chi connectivity index (χ0v) is 15.0. The molecule has 124 valence electrons. The van der Waals surface area contributed by atoms with E-state index in [4.69, 9.17) is 0 Å². The van der Waals surface area contributed by atoms with Crippen molar-refractivity contribution in [3.63, 3.8) is 0 Å². The molecule has 5 heteroatoms. The van der Waals surface area contributed by atoms with E-state index in [1.54, 1.807) is 12.4 Å². The lowest BCUT2D eigenvalue weighted by atomic mass is 10.0. The summed E-state index contributed by atoms with van der Waals surface area (Å²) >= 11 is 0. The van der Waals surface area contributed by atoms with Crippen molar-refractivity contribution in [1.82, 2.24) is 4.98 Å². The van der Waals surface area contributed by atoms with Crippen LogP contribution in [-0.4, -0.2) is 13.4 Å². The van der Waals surface area contributed by atoms with Gasteiger partial charge in [-0.3, -0.25) is 9.71 Å². The first-order valence-corrected chi connectivity index (χ1v) is 9.22. The summed E-state index contributed by atoms with van der Waals surface area (Å²) in [6.45, 7) is 7.55. The number of rotatable bonds is 3. The van der Waals surface area contributed by atoms with Crippen LogP contribution in [0.3, 0.4) is 0 Å².